The molecule has 2 atom stereocenters. The molecule has 1 aliphatic heterocycles. The molecule has 10 heteroatoms. The second kappa shape index (κ2) is 12.2. The Hall–Kier alpha value is -3.37. The molecule has 0 spiro atoms. The predicted molar refractivity (Wildman–Crippen MR) is 141 cm³/mol. The number of carbonyl (C=O) groups excluding carboxylic acids is 2. The Bertz CT molecular complexity index is 1220. The van der Waals surface area contributed by atoms with Crippen molar-refractivity contribution in [3.05, 3.63) is 66.2 Å². The molecule has 2 aromatic rings. The first kappa shape index (κ1) is 28.2. The first-order chi connectivity index (χ1) is 17.6. The number of piperidine rings is 1. The maximum Gasteiger partial charge on any atom is 0.251 e. The molecule has 2 unspecified atom stereocenters. The van der Waals surface area contributed by atoms with Crippen LogP contribution < -0.4 is 20.1 Å². The molecule has 1 aliphatic rings. The third kappa shape index (κ3) is 6.69. The van der Waals surface area contributed by atoms with Gasteiger partial charge < -0.3 is 20.1 Å². The van der Waals surface area contributed by atoms with Crippen molar-refractivity contribution in [3.63, 3.8) is 0 Å². The summed E-state index contributed by atoms with van der Waals surface area (Å²) in [5.41, 5.74) is 1.36. The van der Waals surface area contributed by atoms with E-state index in [0.29, 0.717) is 42.9 Å². The minimum Gasteiger partial charge on any atom is -0.493 e. The van der Waals surface area contributed by atoms with E-state index in [1.807, 2.05) is 32.0 Å². The Labute approximate surface area is 218 Å². The number of carbonyl (C=O) groups is 2. The van der Waals surface area contributed by atoms with Crippen molar-refractivity contribution in [1.29, 1.82) is 0 Å². The maximum atomic E-state index is 13.4. The van der Waals surface area contributed by atoms with Crippen LogP contribution in [0.2, 0.25) is 0 Å². The van der Waals surface area contributed by atoms with Crippen molar-refractivity contribution in [2.24, 2.45) is 0 Å². The number of amides is 2. The summed E-state index contributed by atoms with van der Waals surface area (Å²) in [5.74, 6) is 0.707. The summed E-state index contributed by atoms with van der Waals surface area (Å²) in [6.45, 7) is 7.54. The van der Waals surface area contributed by atoms with Gasteiger partial charge in [-0.05, 0) is 81.1 Å². The molecule has 0 aliphatic carbocycles. The second-order valence-corrected chi connectivity index (χ2v) is 11.0. The highest BCUT2D eigenvalue weighted by atomic mass is 32.2. The number of hydrogen-bond donors (Lipinski definition) is 2. The van der Waals surface area contributed by atoms with Gasteiger partial charge in [0.25, 0.3) is 5.91 Å². The van der Waals surface area contributed by atoms with Crippen LogP contribution >= 0.6 is 0 Å². The number of ether oxygens (including phenoxy) is 2. The summed E-state index contributed by atoms with van der Waals surface area (Å²) >= 11 is 0. The lowest BCUT2D eigenvalue weighted by atomic mass is 9.95. The summed E-state index contributed by atoms with van der Waals surface area (Å²) < 4.78 is 38.8. The van der Waals surface area contributed by atoms with Crippen LogP contribution in [-0.2, 0) is 21.2 Å². The first-order valence-electron chi connectivity index (χ1n) is 12.2. The highest BCUT2D eigenvalue weighted by molar-refractivity contribution is 7.89. The number of nitrogens with one attached hydrogen (secondary N) is 2. The number of sulfonamides is 1. The van der Waals surface area contributed by atoms with Crippen LogP contribution in [0.3, 0.4) is 0 Å². The number of methoxy groups -OCH3 is 2. The Morgan fingerprint density at radius 3 is 2.22 bits per heavy atom. The third-order valence-electron chi connectivity index (χ3n) is 6.49. The molecular formula is C27H35N3O6S. The lowest BCUT2D eigenvalue weighted by Crippen LogP contribution is -2.54. The zero-order valence-corrected chi connectivity index (χ0v) is 22.5. The molecule has 0 radical (unpaired) electrons. The van der Waals surface area contributed by atoms with E-state index in [2.05, 4.69) is 17.2 Å². The number of hydrogen-bond acceptors (Lipinski definition) is 6. The average molecular weight is 530 g/mol. The predicted octanol–water partition coefficient (Wildman–Crippen LogP) is 2.91. The van der Waals surface area contributed by atoms with Gasteiger partial charge in [-0.1, -0.05) is 12.6 Å². The van der Waals surface area contributed by atoms with E-state index in [1.54, 1.807) is 14.2 Å². The van der Waals surface area contributed by atoms with Gasteiger partial charge in [-0.25, -0.2) is 8.42 Å². The molecule has 9 nitrogen and oxygen atoms in total. The molecule has 2 amide bonds. The van der Waals surface area contributed by atoms with Gasteiger partial charge in [0.2, 0.25) is 15.9 Å². The number of rotatable bonds is 10. The van der Waals surface area contributed by atoms with Crippen LogP contribution in [0, 0.1) is 0 Å². The molecular weight excluding hydrogens is 494 g/mol. The third-order valence-corrected chi connectivity index (χ3v) is 8.63. The van der Waals surface area contributed by atoms with E-state index in [9.17, 15) is 18.0 Å². The van der Waals surface area contributed by atoms with Crippen LogP contribution in [0.5, 0.6) is 11.5 Å². The Kier molecular flexibility index (Phi) is 9.34. The normalized spacial score (nSPS) is 20.1. The smallest absolute Gasteiger partial charge is 0.251 e. The summed E-state index contributed by atoms with van der Waals surface area (Å²) in [5, 5.41) is 5.73. The van der Waals surface area contributed by atoms with Crippen LogP contribution in [0.25, 0.3) is 0 Å². The fraction of sp³-hybridized carbons (Fsp3) is 0.407. The van der Waals surface area contributed by atoms with Crippen molar-refractivity contribution in [1.82, 2.24) is 14.9 Å². The molecule has 1 fully saturated rings. The van der Waals surface area contributed by atoms with Crippen molar-refractivity contribution in [3.8, 4) is 11.5 Å². The minimum absolute atomic E-state index is 0.118. The minimum atomic E-state index is -3.78. The van der Waals surface area contributed by atoms with Gasteiger partial charge in [-0.15, -0.1) is 0 Å². The fourth-order valence-electron chi connectivity index (χ4n) is 4.77. The van der Waals surface area contributed by atoms with E-state index in [1.165, 1.54) is 34.6 Å². The van der Waals surface area contributed by atoms with Crippen LogP contribution in [0.4, 0.5) is 0 Å². The SMILES string of the molecule is C=CC(=O)NC1CC(C)N(S(=O)(=O)c2ccc(C(=O)NCCc3ccc(OC)c(OC)c3)cc2)C(C)C1. The monoisotopic (exact) mass is 529 g/mol. The van der Waals surface area contributed by atoms with Crippen LogP contribution in [0.15, 0.2) is 60.0 Å². The quantitative estimate of drug-likeness (QED) is 0.458. The molecule has 3 rings (SSSR count). The largest absolute Gasteiger partial charge is 0.493 e. The van der Waals surface area contributed by atoms with Gasteiger partial charge in [0.05, 0.1) is 19.1 Å². The van der Waals surface area contributed by atoms with Gasteiger partial charge in [0.15, 0.2) is 11.5 Å². The topological polar surface area (TPSA) is 114 Å². The fourth-order valence-corrected chi connectivity index (χ4v) is 6.62. The van der Waals surface area contributed by atoms with Gasteiger partial charge in [0, 0.05) is 30.2 Å². The second-order valence-electron chi connectivity index (χ2n) is 9.13. The molecule has 0 saturated carbocycles. The molecule has 200 valence electrons. The van der Waals surface area contributed by atoms with Gasteiger partial charge in [-0.2, -0.15) is 4.31 Å². The van der Waals surface area contributed by atoms with Crippen molar-refractivity contribution >= 4 is 21.8 Å². The van der Waals surface area contributed by atoms with Gasteiger partial charge in [0.1, 0.15) is 0 Å². The zero-order chi connectivity index (χ0) is 27.2. The van der Waals surface area contributed by atoms with E-state index in [4.69, 9.17) is 9.47 Å². The maximum absolute atomic E-state index is 13.4. The molecule has 37 heavy (non-hydrogen) atoms. The molecule has 0 bridgehead atoms. The number of nitrogens with zero attached hydrogens (tertiary/aromatic N) is 1. The van der Waals surface area contributed by atoms with Gasteiger partial charge >= 0.3 is 0 Å². The highest BCUT2D eigenvalue weighted by Crippen LogP contribution is 2.30. The Morgan fingerprint density at radius 1 is 1.03 bits per heavy atom. The van der Waals surface area contributed by atoms with Gasteiger partial charge in [-0.3, -0.25) is 9.59 Å². The molecule has 1 saturated heterocycles. The Balaban J connectivity index is 1.61. The zero-order valence-electron chi connectivity index (χ0n) is 21.7. The lowest BCUT2D eigenvalue weighted by Gasteiger charge is -2.41. The summed E-state index contributed by atoms with van der Waals surface area (Å²) in [4.78, 5) is 24.4. The summed E-state index contributed by atoms with van der Waals surface area (Å²) in [6.07, 6.45) is 2.82. The molecule has 2 N–H and O–H groups in total. The highest BCUT2D eigenvalue weighted by Gasteiger charge is 2.39. The first-order valence-corrected chi connectivity index (χ1v) is 13.6. The number of benzene rings is 2. The van der Waals surface area contributed by atoms with Crippen molar-refractivity contribution in [2.45, 2.75) is 56.1 Å². The van der Waals surface area contributed by atoms with E-state index in [-0.39, 0.29) is 34.8 Å². The van der Waals surface area contributed by atoms with E-state index < -0.39 is 10.0 Å². The standard InChI is InChI=1S/C27H35N3O6S/c1-6-26(31)29-22-15-18(2)30(19(3)16-22)37(33,34)23-10-8-21(9-11-23)27(32)28-14-13-20-7-12-24(35-4)25(17-20)36-5/h6-12,17-19,22H,1,13-16H2,2-5H3,(H,28,32)(H,29,31). The van der Waals surface area contributed by atoms with Crippen molar-refractivity contribution < 1.29 is 27.5 Å². The van der Waals surface area contributed by atoms with E-state index in [0.717, 1.165) is 5.56 Å². The van der Waals surface area contributed by atoms with Crippen LogP contribution in [-0.4, -0.2) is 63.4 Å². The van der Waals surface area contributed by atoms with Crippen LogP contribution in [0.1, 0.15) is 42.6 Å². The van der Waals surface area contributed by atoms with Crippen molar-refractivity contribution in [2.75, 3.05) is 20.8 Å². The molecule has 2 aromatic carbocycles. The lowest BCUT2D eigenvalue weighted by molar-refractivity contribution is -0.117. The van der Waals surface area contributed by atoms with E-state index >= 15 is 0 Å². The Morgan fingerprint density at radius 2 is 1.65 bits per heavy atom. The molecule has 1 heterocycles. The molecule has 0 aromatic heterocycles. The summed E-state index contributed by atoms with van der Waals surface area (Å²) in [7, 11) is -0.636. The summed E-state index contributed by atoms with van der Waals surface area (Å²) in [6, 6.07) is 10.8. The average Bonchev–Trinajstić information content (AvgIpc) is 2.87.